The van der Waals surface area contributed by atoms with Crippen LogP contribution in [-0.2, 0) is 13.5 Å². The van der Waals surface area contributed by atoms with Crippen molar-refractivity contribution in [1.82, 2.24) is 19.7 Å². The summed E-state index contributed by atoms with van der Waals surface area (Å²) in [7, 11) is 1.80. The summed E-state index contributed by atoms with van der Waals surface area (Å²) in [5.74, 6) is 0.988. The number of aryl methyl sites for hydroxylation is 1. The van der Waals surface area contributed by atoms with E-state index < -0.39 is 0 Å². The minimum absolute atomic E-state index is 0.253. The lowest BCUT2D eigenvalue weighted by Gasteiger charge is -2.02. The van der Waals surface area contributed by atoms with Crippen LogP contribution in [0.2, 0.25) is 0 Å². The molecule has 6 heteroatoms. The van der Waals surface area contributed by atoms with Gasteiger partial charge in [-0.2, -0.15) is 5.10 Å². The monoisotopic (exact) mass is 321 g/mol. The summed E-state index contributed by atoms with van der Waals surface area (Å²) in [6, 6.07) is 14.2. The highest BCUT2D eigenvalue weighted by molar-refractivity contribution is 5.82. The molecule has 0 saturated carbocycles. The Balaban J connectivity index is 1.81. The highest BCUT2D eigenvalue weighted by Gasteiger charge is 2.19. The van der Waals surface area contributed by atoms with Gasteiger partial charge in [0.25, 0.3) is 0 Å². The molecular formula is C18H16FN5. The molecule has 0 aliphatic rings. The number of nitrogens with one attached hydrogen (secondary N) is 1. The van der Waals surface area contributed by atoms with Gasteiger partial charge in [-0.1, -0.05) is 24.3 Å². The van der Waals surface area contributed by atoms with Crippen LogP contribution in [0.4, 0.5) is 10.2 Å². The van der Waals surface area contributed by atoms with Gasteiger partial charge in [0.2, 0.25) is 0 Å². The van der Waals surface area contributed by atoms with Crippen LogP contribution < -0.4 is 5.73 Å². The van der Waals surface area contributed by atoms with Gasteiger partial charge in [0.05, 0.1) is 22.3 Å². The molecule has 0 unspecified atom stereocenters. The molecular weight excluding hydrogens is 305 g/mol. The molecule has 24 heavy (non-hydrogen) atoms. The molecule has 0 saturated heterocycles. The Bertz CT molecular complexity index is 981. The molecule has 4 rings (SSSR count). The molecule has 0 radical (unpaired) electrons. The first kappa shape index (κ1) is 14.4. The molecule has 2 aromatic heterocycles. The molecule has 0 amide bonds. The third kappa shape index (κ3) is 2.42. The van der Waals surface area contributed by atoms with Gasteiger partial charge in [0.15, 0.2) is 0 Å². The van der Waals surface area contributed by atoms with Crippen molar-refractivity contribution < 1.29 is 4.39 Å². The Labute approximate surface area is 137 Å². The highest BCUT2D eigenvalue weighted by atomic mass is 19.1. The largest absolute Gasteiger partial charge is 0.383 e. The SMILES string of the molecule is Cn1nc(Cc2ccc(F)cc2)c(-c2nc3ccccc3[nH]2)c1N. The lowest BCUT2D eigenvalue weighted by molar-refractivity contribution is 0.627. The molecule has 2 aromatic carbocycles. The lowest BCUT2D eigenvalue weighted by Crippen LogP contribution is -1.98. The van der Waals surface area contributed by atoms with E-state index >= 15 is 0 Å². The van der Waals surface area contributed by atoms with Crippen LogP contribution >= 0.6 is 0 Å². The fraction of sp³-hybridized carbons (Fsp3) is 0.111. The van der Waals surface area contributed by atoms with E-state index in [9.17, 15) is 4.39 Å². The van der Waals surface area contributed by atoms with Crippen molar-refractivity contribution in [3.8, 4) is 11.4 Å². The molecule has 0 bridgehead atoms. The predicted molar refractivity (Wildman–Crippen MR) is 91.9 cm³/mol. The van der Waals surface area contributed by atoms with E-state index in [-0.39, 0.29) is 5.82 Å². The molecule has 0 fully saturated rings. The Hall–Kier alpha value is -3.15. The van der Waals surface area contributed by atoms with Crippen molar-refractivity contribution in [2.75, 3.05) is 5.73 Å². The first-order valence-corrected chi connectivity index (χ1v) is 7.63. The smallest absolute Gasteiger partial charge is 0.144 e. The van der Waals surface area contributed by atoms with Gasteiger partial charge in [0, 0.05) is 13.5 Å². The molecule has 4 aromatic rings. The molecule has 2 heterocycles. The predicted octanol–water partition coefficient (Wildman–Crippen LogP) is 3.28. The first-order valence-electron chi connectivity index (χ1n) is 7.63. The number of hydrogen-bond donors (Lipinski definition) is 2. The Morgan fingerprint density at radius 1 is 1.12 bits per heavy atom. The molecule has 0 aliphatic carbocycles. The van der Waals surface area contributed by atoms with Crippen LogP contribution in [-0.4, -0.2) is 19.7 Å². The number of aromatic amines is 1. The van der Waals surface area contributed by atoms with Crippen LogP contribution in [0.1, 0.15) is 11.3 Å². The van der Waals surface area contributed by atoms with Gasteiger partial charge < -0.3 is 10.7 Å². The molecule has 120 valence electrons. The maximum Gasteiger partial charge on any atom is 0.144 e. The van der Waals surface area contributed by atoms with Gasteiger partial charge in [-0.3, -0.25) is 4.68 Å². The average molecular weight is 321 g/mol. The average Bonchev–Trinajstić information content (AvgIpc) is 3.11. The van der Waals surface area contributed by atoms with E-state index in [2.05, 4.69) is 15.1 Å². The van der Waals surface area contributed by atoms with Gasteiger partial charge in [0.1, 0.15) is 17.5 Å². The number of nitrogens with zero attached hydrogens (tertiary/aromatic N) is 3. The zero-order valence-electron chi connectivity index (χ0n) is 13.1. The number of nitrogens with two attached hydrogens (primary N) is 1. The summed E-state index contributed by atoms with van der Waals surface area (Å²) < 4.78 is 14.7. The number of para-hydroxylation sites is 2. The van der Waals surface area contributed by atoms with Gasteiger partial charge >= 0.3 is 0 Å². The van der Waals surface area contributed by atoms with Crippen molar-refractivity contribution >= 4 is 16.9 Å². The van der Waals surface area contributed by atoms with Gasteiger partial charge in [-0.15, -0.1) is 0 Å². The topological polar surface area (TPSA) is 72.5 Å². The summed E-state index contributed by atoms with van der Waals surface area (Å²) in [4.78, 5) is 7.92. The molecule has 5 nitrogen and oxygen atoms in total. The van der Waals surface area contributed by atoms with E-state index in [0.717, 1.165) is 27.9 Å². The maximum atomic E-state index is 13.1. The van der Waals surface area contributed by atoms with Crippen LogP contribution in [0, 0.1) is 5.82 Å². The highest BCUT2D eigenvalue weighted by Crippen LogP contribution is 2.30. The number of halogens is 1. The second-order valence-corrected chi connectivity index (χ2v) is 5.74. The summed E-state index contributed by atoms with van der Waals surface area (Å²) in [6.07, 6.45) is 0.553. The Morgan fingerprint density at radius 2 is 1.88 bits per heavy atom. The molecule has 0 atom stereocenters. The van der Waals surface area contributed by atoms with Crippen molar-refractivity contribution in [2.45, 2.75) is 6.42 Å². The third-order valence-electron chi connectivity index (χ3n) is 4.08. The van der Waals surface area contributed by atoms with Crippen LogP contribution in [0.15, 0.2) is 48.5 Å². The van der Waals surface area contributed by atoms with Crippen molar-refractivity contribution in [3.63, 3.8) is 0 Å². The lowest BCUT2D eigenvalue weighted by atomic mass is 10.1. The van der Waals surface area contributed by atoms with E-state index in [4.69, 9.17) is 5.73 Å². The second kappa shape index (κ2) is 5.49. The van der Waals surface area contributed by atoms with Crippen molar-refractivity contribution in [1.29, 1.82) is 0 Å². The molecule has 0 spiro atoms. The third-order valence-corrected chi connectivity index (χ3v) is 4.08. The van der Waals surface area contributed by atoms with Gasteiger partial charge in [-0.25, -0.2) is 9.37 Å². The zero-order chi connectivity index (χ0) is 16.7. The zero-order valence-corrected chi connectivity index (χ0v) is 13.1. The van der Waals surface area contributed by atoms with E-state index in [1.54, 1.807) is 23.9 Å². The van der Waals surface area contributed by atoms with Crippen LogP contribution in [0.5, 0.6) is 0 Å². The van der Waals surface area contributed by atoms with Crippen molar-refractivity contribution in [2.24, 2.45) is 7.05 Å². The quantitative estimate of drug-likeness (QED) is 0.608. The second-order valence-electron chi connectivity index (χ2n) is 5.74. The standard InChI is InChI=1S/C18H16FN5/c1-24-17(20)16(18-21-13-4-2-3-5-14(13)22-18)15(23-24)10-11-6-8-12(19)9-7-11/h2-9H,10,20H2,1H3,(H,21,22). The number of anilines is 1. The normalized spacial score (nSPS) is 11.2. The fourth-order valence-corrected chi connectivity index (χ4v) is 2.84. The maximum absolute atomic E-state index is 13.1. The minimum Gasteiger partial charge on any atom is -0.383 e. The molecule has 3 N–H and O–H groups in total. The number of nitrogen functional groups attached to an aromatic ring is 1. The molecule has 0 aliphatic heterocycles. The summed E-state index contributed by atoms with van der Waals surface area (Å²) >= 11 is 0. The summed E-state index contributed by atoms with van der Waals surface area (Å²) in [5, 5.41) is 4.51. The van der Waals surface area contributed by atoms with E-state index in [1.165, 1.54) is 12.1 Å². The van der Waals surface area contributed by atoms with Crippen LogP contribution in [0.25, 0.3) is 22.4 Å². The Kier molecular flexibility index (Phi) is 3.30. The number of fused-ring (bicyclic) bond motifs is 1. The number of hydrogen-bond acceptors (Lipinski definition) is 3. The van der Waals surface area contributed by atoms with E-state index in [0.29, 0.717) is 18.1 Å². The first-order chi connectivity index (χ1) is 11.6. The Morgan fingerprint density at radius 3 is 2.62 bits per heavy atom. The minimum atomic E-state index is -0.253. The number of aromatic nitrogens is 4. The number of rotatable bonds is 3. The number of imidazole rings is 1. The summed E-state index contributed by atoms with van der Waals surface area (Å²) in [6.45, 7) is 0. The van der Waals surface area contributed by atoms with Gasteiger partial charge in [-0.05, 0) is 29.8 Å². The number of benzene rings is 2. The van der Waals surface area contributed by atoms with E-state index in [1.807, 2.05) is 24.3 Å². The number of H-pyrrole nitrogens is 1. The fourth-order valence-electron chi connectivity index (χ4n) is 2.84. The van der Waals surface area contributed by atoms with Crippen molar-refractivity contribution in [3.05, 3.63) is 65.6 Å². The summed E-state index contributed by atoms with van der Waals surface area (Å²) in [5.41, 5.74) is 10.6. The van der Waals surface area contributed by atoms with Crippen LogP contribution in [0.3, 0.4) is 0 Å².